The molecule has 2 rings (SSSR count). The van der Waals surface area contributed by atoms with Crippen molar-refractivity contribution in [2.45, 2.75) is 31.9 Å². The van der Waals surface area contributed by atoms with Gasteiger partial charge in [-0.25, -0.2) is 4.79 Å². The Kier molecular flexibility index (Phi) is 4.42. The normalized spacial score (nSPS) is 22.6. The van der Waals surface area contributed by atoms with Crippen molar-refractivity contribution in [1.29, 1.82) is 0 Å². The van der Waals surface area contributed by atoms with Gasteiger partial charge in [-0.15, -0.1) is 0 Å². The molecule has 0 aliphatic heterocycles. The van der Waals surface area contributed by atoms with Gasteiger partial charge < -0.3 is 14.6 Å². The summed E-state index contributed by atoms with van der Waals surface area (Å²) >= 11 is 0. The zero-order chi connectivity index (χ0) is 17.4. The van der Waals surface area contributed by atoms with Crippen LogP contribution in [0, 0.1) is 12.3 Å². The predicted octanol–water partition coefficient (Wildman–Crippen LogP) is -1.13. The number of nitrogens with one attached hydrogen (secondary N) is 1. The van der Waals surface area contributed by atoms with Crippen LogP contribution < -0.4 is 11.2 Å². The number of nitrogens with zero attached hydrogens (tertiary/aromatic N) is 1. The Bertz CT molecular complexity index is 732. The summed E-state index contributed by atoms with van der Waals surface area (Å²) in [4.78, 5) is 49.8. The molecule has 1 aliphatic rings. The molecule has 2 atom stereocenters. The van der Waals surface area contributed by atoms with E-state index in [9.17, 15) is 24.3 Å². The van der Waals surface area contributed by atoms with Gasteiger partial charge in [-0.1, -0.05) is 0 Å². The highest BCUT2D eigenvalue weighted by Gasteiger charge is 2.60. The Morgan fingerprint density at radius 2 is 1.87 bits per heavy atom. The van der Waals surface area contributed by atoms with Crippen molar-refractivity contribution in [2.24, 2.45) is 5.41 Å². The number of aromatic nitrogens is 2. The molecule has 0 aromatic carbocycles. The third kappa shape index (κ3) is 2.56. The number of hydrogen-bond acceptors (Lipinski definition) is 7. The lowest BCUT2D eigenvalue weighted by atomic mass is 9.84. The van der Waals surface area contributed by atoms with Crippen LogP contribution in [-0.2, 0) is 19.1 Å². The number of rotatable bonds is 3. The fourth-order valence-corrected chi connectivity index (χ4v) is 3.01. The highest BCUT2D eigenvalue weighted by molar-refractivity contribution is 6.01. The molecule has 1 aliphatic carbocycles. The molecule has 1 aromatic heterocycles. The van der Waals surface area contributed by atoms with Gasteiger partial charge in [0.15, 0.2) is 5.41 Å². The van der Waals surface area contributed by atoms with E-state index in [0.29, 0.717) is 5.56 Å². The summed E-state index contributed by atoms with van der Waals surface area (Å²) in [6, 6.07) is -0.661. The summed E-state index contributed by atoms with van der Waals surface area (Å²) in [5.41, 5.74) is -2.79. The van der Waals surface area contributed by atoms with E-state index < -0.39 is 40.7 Å². The van der Waals surface area contributed by atoms with E-state index in [2.05, 4.69) is 14.5 Å². The topological polar surface area (TPSA) is 128 Å². The number of carbonyl (C=O) groups is 2. The Morgan fingerprint density at radius 3 is 2.39 bits per heavy atom. The number of aliphatic hydroxyl groups is 1. The van der Waals surface area contributed by atoms with E-state index in [1.807, 2.05) is 0 Å². The molecule has 1 saturated carbocycles. The summed E-state index contributed by atoms with van der Waals surface area (Å²) in [6.45, 7) is 1.52. The molecule has 23 heavy (non-hydrogen) atoms. The van der Waals surface area contributed by atoms with Crippen molar-refractivity contribution in [3.8, 4) is 0 Å². The van der Waals surface area contributed by atoms with Gasteiger partial charge in [0, 0.05) is 17.8 Å². The van der Waals surface area contributed by atoms with E-state index in [4.69, 9.17) is 0 Å². The Hall–Kier alpha value is -2.42. The van der Waals surface area contributed by atoms with Crippen molar-refractivity contribution in [3.05, 3.63) is 32.6 Å². The summed E-state index contributed by atoms with van der Waals surface area (Å²) in [7, 11) is 2.20. The van der Waals surface area contributed by atoms with E-state index in [1.54, 1.807) is 0 Å². The lowest BCUT2D eigenvalue weighted by Crippen LogP contribution is -2.47. The van der Waals surface area contributed by atoms with Crippen LogP contribution in [-0.4, -0.2) is 46.9 Å². The standard InChI is InChI=1S/C14H18N2O7/c1-7-6-16(13(21)15-10(7)18)8-4-9(17)14(5-8,11(19)22-2)12(20)23-3/h6,8-9,17H,4-5H2,1-3H3,(H,15,18,21)/t8-,9+/m0/s1. The maximum absolute atomic E-state index is 12.1. The zero-order valence-corrected chi connectivity index (χ0v) is 13.0. The van der Waals surface area contributed by atoms with Crippen molar-refractivity contribution in [1.82, 2.24) is 9.55 Å². The molecule has 9 nitrogen and oxygen atoms in total. The first-order valence-electron chi connectivity index (χ1n) is 6.95. The zero-order valence-electron chi connectivity index (χ0n) is 13.0. The molecule has 0 spiro atoms. The fourth-order valence-electron chi connectivity index (χ4n) is 3.01. The highest BCUT2D eigenvalue weighted by atomic mass is 16.5. The first-order chi connectivity index (χ1) is 10.8. The molecule has 1 aromatic rings. The number of aromatic amines is 1. The maximum atomic E-state index is 12.1. The Labute approximate surface area is 130 Å². The van der Waals surface area contributed by atoms with Gasteiger partial charge in [-0.05, 0) is 19.8 Å². The average Bonchev–Trinajstić information content (AvgIpc) is 2.87. The average molecular weight is 326 g/mol. The van der Waals surface area contributed by atoms with Crippen molar-refractivity contribution >= 4 is 11.9 Å². The number of carbonyl (C=O) groups excluding carboxylic acids is 2. The number of hydrogen-bond donors (Lipinski definition) is 2. The second-order valence-corrected chi connectivity index (χ2v) is 5.54. The monoisotopic (exact) mass is 326 g/mol. The minimum atomic E-state index is -1.89. The molecule has 0 unspecified atom stereocenters. The van der Waals surface area contributed by atoms with E-state index >= 15 is 0 Å². The third-order valence-corrected chi connectivity index (χ3v) is 4.26. The van der Waals surface area contributed by atoms with Crippen LogP contribution >= 0.6 is 0 Å². The second kappa shape index (κ2) is 5.99. The smallest absolute Gasteiger partial charge is 0.328 e. The highest BCUT2D eigenvalue weighted by Crippen LogP contribution is 2.45. The van der Waals surface area contributed by atoms with Gasteiger partial charge in [0.25, 0.3) is 5.56 Å². The minimum Gasteiger partial charge on any atom is -0.468 e. The molecular formula is C14H18N2O7. The number of aliphatic hydroxyl groups excluding tert-OH is 1. The van der Waals surface area contributed by atoms with Gasteiger partial charge in [-0.3, -0.25) is 23.9 Å². The molecule has 2 N–H and O–H groups in total. The summed E-state index contributed by atoms with van der Waals surface area (Å²) in [5.74, 6) is -1.85. The molecule has 0 amide bonds. The molecular weight excluding hydrogens is 308 g/mol. The van der Waals surface area contributed by atoms with Crippen LogP contribution in [0.1, 0.15) is 24.4 Å². The van der Waals surface area contributed by atoms with Gasteiger partial charge >= 0.3 is 17.6 Å². The fraction of sp³-hybridized carbons (Fsp3) is 0.571. The lowest BCUT2D eigenvalue weighted by molar-refractivity contribution is -0.175. The van der Waals surface area contributed by atoms with Crippen LogP contribution in [0.25, 0.3) is 0 Å². The molecule has 0 radical (unpaired) electrons. The van der Waals surface area contributed by atoms with Gasteiger partial charge in [0.1, 0.15) is 0 Å². The first kappa shape index (κ1) is 16.9. The van der Waals surface area contributed by atoms with Gasteiger partial charge in [0.05, 0.1) is 20.3 Å². The Balaban J connectivity index is 2.49. The number of esters is 2. The second-order valence-electron chi connectivity index (χ2n) is 5.54. The number of H-pyrrole nitrogens is 1. The van der Waals surface area contributed by atoms with Crippen LogP contribution in [0.5, 0.6) is 0 Å². The Morgan fingerprint density at radius 1 is 1.30 bits per heavy atom. The van der Waals surface area contributed by atoms with E-state index in [-0.39, 0.29) is 12.8 Å². The van der Waals surface area contributed by atoms with Gasteiger partial charge in [0.2, 0.25) is 0 Å². The van der Waals surface area contributed by atoms with Crippen LogP contribution in [0.4, 0.5) is 0 Å². The van der Waals surface area contributed by atoms with Crippen molar-refractivity contribution in [2.75, 3.05) is 14.2 Å². The largest absolute Gasteiger partial charge is 0.468 e. The SMILES string of the molecule is COC(=O)C1(C(=O)OC)C[C@@H](n2cc(C)c(=O)[nH]c2=O)C[C@H]1O. The minimum absolute atomic E-state index is 0.0322. The van der Waals surface area contributed by atoms with Gasteiger partial charge in [-0.2, -0.15) is 0 Å². The molecule has 1 heterocycles. The van der Waals surface area contributed by atoms with Crippen LogP contribution in [0.2, 0.25) is 0 Å². The lowest BCUT2D eigenvalue weighted by Gasteiger charge is -2.26. The third-order valence-electron chi connectivity index (χ3n) is 4.26. The summed E-state index contributed by atoms with van der Waals surface area (Å²) in [5, 5.41) is 10.3. The molecule has 0 bridgehead atoms. The summed E-state index contributed by atoms with van der Waals surface area (Å²) < 4.78 is 10.5. The van der Waals surface area contributed by atoms with E-state index in [1.165, 1.54) is 17.7 Å². The molecule has 0 saturated heterocycles. The molecule has 1 fully saturated rings. The maximum Gasteiger partial charge on any atom is 0.328 e. The van der Waals surface area contributed by atoms with Crippen molar-refractivity contribution < 1.29 is 24.2 Å². The predicted molar refractivity (Wildman–Crippen MR) is 76.8 cm³/mol. The summed E-state index contributed by atoms with van der Waals surface area (Å²) in [6.07, 6.45) is -0.232. The van der Waals surface area contributed by atoms with E-state index in [0.717, 1.165) is 14.2 Å². The first-order valence-corrected chi connectivity index (χ1v) is 6.95. The quantitative estimate of drug-likeness (QED) is 0.531. The number of methoxy groups -OCH3 is 2. The molecule has 9 heteroatoms. The van der Waals surface area contributed by atoms with Crippen molar-refractivity contribution in [3.63, 3.8) is 0 Å². The number of ether oxygens (including phenoxy) is 2. The number of aryl methyl sites for hydroxylation is 1. The van der Waals surface area contributed by atoms with Crippen LogP contribution in [0.15, 0.2) is 15.8 Å². The van der Waals surface area contributed by atoms with Crippen LogP contribution in [0.3, 0.4) is 0 Å². The molecule has 126 valence electrons.